The van der Waals surface area contributed by atoms with Crippen molar-refractivity contribution in [1.29, 1.82) is 0 Å². The van der Waals surface area contributed by atoms with Gasteiger partial charge in [-0.1, -0.05) is 6.92 Å². The number of aryl methyl sites for hydroxylation is 2. The van der Waals surface area contributed by atoms with Gasteiger partial charge in [0.2, 0.25) is 0 Å². The minimum absolute atomic E-state index is 0.808. The summed E-state index contributed by atoms with van der Waals surface area (Å²) in [6.45, 7) is 4.12. The summed E-state index contributed by atoms with van der Waals surface area (Å²) in [7, 11) is 1.96. The summed E-state index contributed by atoms with van der Waals surface area (Å²) >= 11 is 1.67. The normalized spacial score (nSPS) is 11.2. The highest BCUT2D eigenvalue weighted by molar-refractivity contribution is 7.99. The Morgan fingerprint density at radius 2 is 2.00 bits per heavy atom. The lowest BCUT2D eigenvalue weighted by atomic mass is 10.3. The smallest absolute Gasteiger partial charge is 0.163 e. The van der Waals surface area contributed by atoms with Gasteiger partial charge >= 0.3 is 0 Å². The van der Waals surface area contributed by atoms with E-state index in [1.54, 1.807) is 24.2 Å². The van der Waals surface area contributed by atoms with Crippen LogP contribution in [-0.2, 0) is 7.05 Å². The molecule has 0 aromatic carbocycles. The lowest BCUT2D eigenvalue weighted by Crippen LogP contribution is -1.98. The van der Waals surface area contributed by atoms with Crippen molar-refractivity contribution in [3.63, 3.8) is 0 Å². The Hall–Kier alpha value is -1.95. The second-order valence-electron chi connectivity index (χ2n) is 4.49. The maximum atomic E-state index is 4.67. The highest BCUT2D eigenvalue weighted by atomic mass is 32.2. The Morgan fingerprint density at radius 1 is 1.20 bits per heavy atom. The molecule has 20 heavy (non-hydrogen) atoms. The van der Waals surface area contributed by atoms with Crippen molar-refractivity contribution >= 4 is 22.9 Å². The molecule has 0 saturated heterocycles. The first-order valence-corrected chi connectivity index (χ1v) is 7.42. The summed E-state index contributed by atoms with van der Waals surface area (Å²) in [5.41, 5.74) is 3.67. The fourth-order valence-corrected chi connectivity index (χ4v) is 2.80. The number of hydrogen-bond acceptors (Lipinski definition) is 5. The zero-order valence-electron chi connectivity index (χ0n) is 11.7. The van der Waals surface area contributed by atoms with Crippen LogP contribution in [0.1, 0.15) is 12.5 Å². The second kappa shape index (κ2) is 5.20. The van der Waals surface area contributed by atoms with E-state index < -0.39 is 0 Å². The molecule has 0 aliphatic heterocycles. The maximum absolute atomic E-state index is 4.67. The van der Waals surface area contributed by atoms with Gasteiger partial charge in [0.15, 0.2) is 11.5 Å². The molecule has 0 aliphatic carbocycles. The minimum Gasteiger partial charge on any atom is -0.310 e. The highest BCUT2D eigenvalue weighted by Crippen LogP contribution is 2.28. The van der Waals surface area contributed by atoms with Gasteiger partial charge < -0.3 is 4.57 Å². The number of thioether (sulfide) groups is 1. The van der Waals surface area contributed by atoms with E-state index in [0.717, 1.165) is 39.0 Å². The molecule has 3 aromatic heterocycles. The van der Waals surface area contributed by atoms with Crippen molar-refractivity contribution < 1.29 is 0 Å². The van der Waals surface area contributed by atoms with Gasteiger partial charge in [0, 0.05) is 25.6 Å². The van der Waals surface area contributed by atoms with E-state index in [9.17, 15) is 0 Å². The summed E-state index contributed by atoms with van der Waals surface area (Å²) in [5, 5.41) is 0.908. The van der Waals surface area contributed by atoms with Gasteiger partial charge in [-0.2, -0.15) is 0 Å². The number of nitrogens with zero attached hydrogens (tertiary/aromatic N) is 5. The van der Waals surface area contributed by atoms with E-state index >= 15 is 0 Å². The average Bonchev–Trinajstić information content (AvgIpc) is 2.76. The molecule has 0 spiro atoms. The molecule has 0 amide bonds. The standard InChI is InChI=1S/C14H15N5S/c1-4-20-14-11(15-5-6-16-14)13-18-10-7-9(2)8-17-12(10)19(13)3/h5-8H,4H2,1-3H3. The first-order chi connectivity index (χ1) is 9.70. The van der Waals surface area contributed by atoms with Gasteiger partial charge in [-0.15, -0.1) is 11.8 Å². The molecule has 0 N–H and O–H groups in total. The van der Waals surface area contributed by atoms with Crippen molar-refractivity contribution in [1.82, 2.24) is 24.5 Å². The number of aromatic nitrogens is 5. The Labute approximate surface area is 121 Å². The molecule has 0 fully saturated rings. The molecule has 5 nitrogen and oxygen atoms in total. The number of hydrogen-bond donors (Lipinski definition) is 0. The van der Waals surface area contributed by atoms with Crippen LogP contribution >= 0.6 is 11.8 Å². The van der Waals surface area contributed by atoms with Crippen LogP contribution in [-0.4, -0.2) is 30.3 Å². The third kappa shape index (κ3) is 2.16. The van der Waals surface area contributed by atoms with Crippen molar-refractivity contribution in [3.05, 3.63) is 30.2 Å². The zero-order chi connectivity index (χ0) is 14.1. The zero-order valence-corrected chi connectivity index (χ0v) is 12.5. The molecule has 102 valence electrons. The maximum Gasteiger partial charge on any atom is 0.163 e. The van der Waals surface area contributed by atoms with Crippen LogP contribution in [0.2, 0.25) is 0 Å². The molecule has 0 bridgehead atoms. The van der Waals surface area contributed by atoms with Gasteiger partial charge in [-0.3, -0.25) is 0 Å². The molecular weight excluding hydrogens is 270 g/mol. The fraction of sp³-hybridized carbons (Fsp3) is 0.286. The Bertz CT molecular complexity index is 765. The summed E-state index contributed by atoms with van der Waals surface area (Å²) in [6, 6.07) is 2.04. The average molecular weight is 285 g/mol. The van der Waals surface area contributed by atoms with E-state index in [-0.39, 0.29) is 0 Å². The monoisotopic (exact) mass is 285 g/mol. The van der Waals surface area contributed by atoms with Crippen molar-refractivity contribution in [3.8, 4) is 11.5 Å². The molecule has 0 unspecified atom stereocenters. The third-order valence-corrected chi connectivity index (χ3v) is 3.86. The van der Waals surface area contributed by atoms with Crippen molar-refractivity contribution in [2.45, 2.75) is 18.9 Å². The van der Waals surface area contributed by atoms with Crippen LogP contribution in [0, 0.1) is 6.92 Å². The molecular formula is C14H15N5S. The third-order valence-electron chi connectivity index (χ3n) is 3.00. The van der Waals surface area contributed by atoms with Gasteiger partial charge in [-0.25, -0.2) is 19.9 Å². The molecule has 0 aliphatic rings. The van der Waals surface area contributed by atoms with Crippen molar-refractivity contribution in [2.75, 3.05) is 5.75 Å². The topological polar surface area (TPSA) is 56.5 Å². The van der Waals surface area contributed by atoms with E-state index in [0.29, 0.717) is 0 Å². The quantitative estimate of drug-likeness (QED) is 0.693. The highest BCUT2D eigenvalue weighted by Gasteiger charge is 2.16. The number of rotatable bonds is 3. The molecule has 0 radical (unpaired) electrons. The largest absolute Gasteiger partial charge is 0.310 e. The minimum atomic E-state index is 0.808. The lowest BCUT2D eigenvalue weighted by molar-refractivity contribution is 0.915. The van der Waals surface area contributed by atoms with Crippen LogP contribution < -0.4 is 0 Å². The van der Waals surface area contributed by atoms with Gasteiger partial charge in [0.1, 0.15) is 16.2 Å². The predicted molar refractivity (Wildman–Crippen MR) is 80.7 cm³/mol. The van der Waals surface area contributed by atoms with Crippen LogP contribution in [0.5, 0.6) is 0 Å². The van der Waals surface area contributed by atoms with E-state index in [2.05, 4.69) is 26.9 Å². The SMILES string of the molecule is CCSc1nccnc1-c1nc2cc(C)cnc2n1C. The van der Waals surface area contributed by atoms with Gasteiger partial charge in [0.05, 0.1) is 0 Å². The first kappa shape index (κ1) is 13.1. The second-order valence-corrected chi connectivity index (χ2v) is 5.75. The Balaban J connectivity index is 2.22. The molecule has 3 aromatic rings. The number of fused-ring (bicyclic) bond motifs is 1. The van der Waals surface area contributed by atoms with Gasteiger partial charge in [0.25, 0.3) is 0 Å². The van der Waals surface area contributed by atoms with Crippen LogP contribution in [0.3, 0.4) is 0 Å². The van der Waals surface area contributed by atoms with Gasteiger partial charge in [-0.05, 0) is 24.3 Å². The molecule has 3 heterocycles. The first-order valence-electron chi connectivity index (χ1n) is 6.44. The van der Waals surface area contributed by atoms with Crippen LogP contribution in [0.25, 0.3) is 22.7 Å². The summed E-state index contributed by atoms with van der Waals surface area (Å²) in [4.78, 5) is 18.0. The molecule has 0 saturated carbocycles. The summed E-state index contributed by atoms with van der Waals surface area (Å²) in [5.74, 6) is 1.76. The number of pyridine rings is 1. The molecule has 3 rings (SSSR count). The van der Waals surface area contributed by atoms with E-state index in [1.165, 1.54) is 0 Å². The van der Waals surface area contributed by atoms with Crippen LogP contribution in [0.15, 0.2) is 29.7 Å². The molecule has 0 atom stereocenters. The van der Waals surface area contributed by atoms with Crippen LogP contribution in [0.4, 0.5) is 0 Å². The lowest BCUT2D eigenvalue weighted by Gasteiger charge is -2.05. The Kier molecular flexibility index (Phi) is 3.40. The fourth-order valence-electron chi connectivity index (χ4n) is 2.11. The Morgan fingerprint density at radius 3 is 2.80 bits per heavy atom. The summed E-state index contributed by atoms with van der Waals surface area (Å²) < 4.78 is 1.97. The number of imidazole rings is 1. The summed E-state index contributed by atoms with van der Waals surface area (Å²) in [6.07, 6.45) is 5.27. The molecule has 6 heteroatoms. The van der Waals surface area contributed by atoms with E-state index in [4.69, 9.17) is 0 Å². The van der Waals surface area contributed by atoms with Crippen molar-refractivity contribution in [2.24, 2.45) is 7.05 Å². The predicted octanol–water partition coefficient (Wildman–Crippen LogP) is 2.85. The van der Waals surface area contributed by atoms with E-state index in [1.807, 2.05) is 30.8 Å².